The summed E-state index contributed by atoms with van der Waals surface area (Å²) < 4.78 is 32.1. The molecule has 176 valence electrons. The Bertz CT molecular complexity index is 436. The lowest BCUT2D eigenvalue weighted by atomic mass is 10.0. The van der Waals surface area contributed by atoms with E-state index in [1.807, 2.05) is 6.92 Å². The Morgan fingerprint density at radius 2 is 0.897 bits per heavy atom. The van der Waals surface area contributed by atoms with Crippen molar-refractivity contribution in [1.82, 2.24) is 0 Å². The van der Waals surface area contributed by atoms with Gasteiger partial charge in [-0.3, -0.25) is 4.55 Å². The number of hydrogen-bond acceptors (Lipinski definition) is 3. The highest BCUT2D eigenvalue weighted by molar-refractivity contribution is 7.86. The molecule has 0 bridgehead atoms. The molecule has 0 spiro atoms. The molecule has 4 nitrogen and oxygen atoms in total. The molecule has 0 rings (SSSR count). The van der Waals surface area contributed by atoms with Gasteiger partial charge in [-0.05, 0) is 25.7 Å². The number of rotatable bonds is 22. The smallest absolute Gasteiger partial charge is 0.267 e. The molecule has 0 heterocycles. The van der Waals surface area contributed by atoms with Crippen LogP contribution in [0.25, 0.3) is 0 Å². The van der Waals surface area contributed by atoms with E-state index in [9.17, 15) is 18.1 Å². The molecule has 0 aromatic rings. The van der Waals surface area contributed by atoms with E-state index in [2.05, 4.69) is 6.92 Å². The van der Waals surface area contributed by atoms with Gasteiger partial charge in [0.15, 0.2) is 0 Å². The maximum atomic E-state index is 11.4. The van der Waals surface area contributed by atoms with Gasteiger partial charge in [0.1, 0.15) is 0 Å². The van der Waals surface area contributed by atoms with Crippen molar-refractivity contribution in [2.75, 3.05) is 0 Å². The van der Waals surface area contributed by atoms with Crippen LogP contribution in [0.4, 0.5) is 0 Å². The maximum absolute atomic E-state index is 11.4. The third-order valence-corrected chi connectivity index (χ3v) is 7.32. The number of unbranched alkanes of at least 4 members (excludes halogenated alkanes) is 13. The molecule has 0 radical (unpaired) electrons. The molecule has 2 atom stereocenters. The van der Waals surface area contributed by atoms with Gasteiger partial charge in [-0.1, -0.05) is 117 Å². The highest BCUT2D eigenvalue weighted by Crippen LogP contribution is 2.18. The molecule has 0 saturated carbocycles. The van der Waals surface area contributed by atoms with Crippen LogP contribution in [0.15, 0.2) is 0 Å². The molecule has 2 N–H and O–H groups in total. The average molecular weight is 435 g/mol. The van der Waals surface area contributed by atoms with Crippen LogP contribution in [0, 0.1) is 0 Å². The number of aliphatic hydroxyl groups excluding tert-OH is 1. The second-order valence-corrected chi connectivity index (χ2v) is 10.6. The average Bonchev–Trinajstić information content (AvgIpc) is 2.67. The maximum Gasteiger partial charge on any atom is 0.267 e. The second-order valence-electron chi connectivity index (χ2n) is 8.90. The Balaban J connectivity index is 3.40. The summed E-state index contributed by atoms with van der Waals surface area (Å²) in [4.78, 5) is 0. The fourth-order valence-electron chi connectivity index (χ4n) is 3.99. The Morgan fingerprint density at radius 3 is 1.31 bits per heavy atom. The first-order chi connectivity index (χ1) is 13.9. The standard InChI is InChI=1S/C24H50O4S/c1-3-5-16-19-23(25)20-17-14-12-10-8-7-9-11-13-15-18-22-24(21-6-4-2)29(26,27)28/h23-25H,3-22H2,1-2H3,(H,26,27,28). The van der Waals surface area contributed by atoms with Crippen LogP contribution >= 0.6 is 0 Å². The van der Waals surface area contributed by atoms with Gasteiger partial charge in [-0.15, -0.1) is 0 Å². The summed E-state index contributed by atoms with van der Waals surface area (Å²) >= 11 is 0. The molecule has 5 heteroatoms. The molecule has 2 unspecified atom stereocenters. The molecular weight excluding hydrogens is 384 g/mol. The van der Waals surface area contributed by atoms with Crippen molar-refractivity contribution in [3.8, 4) is 0 Å². The van der Waals surface area contributed by atoms with Crippen molar-refractivity contribution in [2.24, 2.45) is 0 Å². The van der Waals surface area contributed by atoms with Crippen molar-refractivity contribution < 1.29 is 18.1 Å². The molecule has 0 amide bonds. The van der Waals surface area contributed by atoms with E-state index in [0.29, 0.717) is 12.8 Å². The zero-order valence-electron chi connectivity index (χ0n) is 19.4. The van der Waals surface area contributed by atoms with Crippen LogP contribution in [0.1, 0.15) is 142 Å². The summed E-state index contributed by atoms with van der Waals surface area (Å²) in [5.41, 5.74) is 0. The molecule has 29 heavy (non-hydrogen) atoms. The van der Waals surface area contributed by atoms with Crippen molar-refractivity contribution in [3.05, 3.63) is 0 Å². The first-order valence-corrected chi connectivity index (χ1v) is 14.1. The van der Waals surface area contributed by atoms with E-state index in [4.69, 9.17) is 0 Å². The third kappa shape index (κ3) is 19.6. The summed E-state index contributed by atoms with van der Waals surface area (Å²) in [7, 11) is -3.88. The minimum Gasteiger partial charge on any atom is -0.393 e. The van der Waals surface area contributed by atoms with Crippen molar-refractivity contribution in [2.45, 2.75) is 154 Å². The molecule has 0 aliphatic carbocycles. The minimum absolute atomic E-state index is 0.0824. The lowest BCUT2D eigenvalue weighted by Crippen LogP contribution is -2.20. The Morgan fingerprint density at radius 1 is 0.552 bits per heavy atom. The van der Waals surface area contributed by atoms with Crippen molar-refractivity contribution in [3.63, 3.8) is 0 Å². The normalized spacial score (nSPS) is 14.2. The molecular formula is C24H50O4S. The van der Waals surface area contributed by atoms with Crippen molar-refractivity contribution >= 4 is 10.1 Å². The second kappa shape index (κ2) is 19.8. The summed E-state index contributed by atoms with van der Waals surface area (Å²) in [6.45, 7) is 4.24. The molecule has 0 aliphatic heterocycles. The lowest BCUT2D eigenvalue weighted by Gasteiger charge is -2.13. The highest BCUT2D eigenvalue weighted by Gasteiger charge is 2.21. The SMILES string of the molecule is CCCCCC(O)CCCCCCCCCCCCCC(CCCC)S(=O)(=O)O. The Hall–Kier alpha value is -0.130. The summed E-state index contributed by atoms with van der Waals surface area (Å²) in [5.74, 6) is 0. The summed E-state index contributed by atoms with van der Waals surface area (Å²) in [5, 5.41) is 9.35. The van der Waals surface area contributed by atoms with Gasteiger partial charge in [0.25, 0.3) is 10.1 Å². The lowest BCUT2D eigenvalue weighted by molar-refractivity contribution is 0.147. The fourth-order valence-corrected chi connectivity index (χ4v) is 4.92. The predicted molar refractivity (Wildman–Crippen MR) is 125 cm³/mol. The highest BCUT2D eigenvalue weighted by atomic mass is 32.2. The first-order valence-electron chi connectivity index (χ1n) is 12.6. The quantitative estimate of drug-likeness (QED) is 0.137. The number of aliphatic hydroxyl groups is 1. The van der Waals surface area contributed by atoms with Crippen LogP contribution in [0.5, 0.6) is 0 Å². The predicted octanol–water partition coefficient (Wildman–Crippen LogP) is 7.45. The zero-order chi connectivity index (χ0) is 21.8. The van der Waals surface area contributed by atoms with Crippen LogP contribution in [0.3, 0.4) is 0 Å². The molecule has 0 aliphatic rings. The van der Waals surface area contributed by atoms with Gasteiger partial charge < -0.3 is 5.11 Å². The van der Waals surface area contributed by atoms with E-state index < -0.39 is 15.4 Å². The number of hydrogen-bond donors (Lipinski definition) is 2. The Labute approximate surface area is 182 Å². The van der Waals surface area contributed by atoms with Gasteiger partial charge in [-0.25, -0.2) is 0 Å². The van der Waals surface area contributed by atoms with Gasteiger partial charge >= 0.3 is 0 Å². The van der Waals surface area contributed by atoms with E-state index in [-0.39, 0.29) is 6.10 Å². The first kappa shape index (κ1) is 28.9. The van der Waals surface area contributed by atoms with Gasteiger partial charge in [0.2, 0.25) is 0 Å². The Kier molecular flexibility index (Phi) is 19.7. The van der Waals surface area contributed by atoms with Gasteiger partial charge in [0, 0.05) is 0 Å². The minimum atomic E-state index is -3.88. The van der Waals surface area contributed by atoms with Gasteiger partial charge in [0.05, 0.1) is 11.4 Å². The summed E-state index contributed by atoms with van der Waals surface area (Å²) in [6, 6.07) is 0. The third-order valence-electron chi connectivity index (χ3n) is 6.01. The molecule has 0 saturated heterocycles. The van der Waals surface area contributed by atoms with Crippen LogP contribution < -0.4 is 0 Å². The monoisotopic (exact) mass is 434 g/mol. The van der Waals surface area contributed by atoms with E-state index in [1.165, 1.54) is 64.2 Å². The van der Waals surface area contributed by atoms with Crippen LogP contribution in [-0.4, -0.2) is 29.4 Å². The van der Waals surface area contributed by atoms with E-state index in [0.717, 1.165) is 51.4 Å². The van der Waals surface area contributed by atoms with Crippen molar-refractivity contribution in [1.29, 1.82) is 0 Å². The largest absolute Gasteiger partial charge is 0.393 e. The topological polar surface area (TPSA) is 74.6 Å². The van der Waals surface area contributed by atoms with E-state index in [1.54, 1.807) is 0 Å². The van der Waals surface area contributed by atoms with Crippen LogP contribution in [-0.2, 0) is 10.1 Å². The fraction of sp³-hybridized carbons (Fsp3) is 1.00. The molecule has 0 fully saturated rings. The van der Waals surface area contributed by atoms with E-state index >= 15 is 0 Å². The zero-order valence-corrected chi connectivity index (χ0v) is 20.2. The van der Waals surface area contributed by atoms with Gasteiger partial charge in [-0.2, -0.15) is 8.42 Å². The molecule has 0 aromatic carbocycles. The summed E-state index contributed by atoms with van der Waals surface area (Å²) in [6.07, 6.45) is 21.8. The molecule has 0 aromatic heterocycles. The van der Waals surface area contributed by atoms with Crippen LogP contribution in [0.2, 0.25) is 0 Å².